The van der Waals surface area contributed by atoms with Crippen molar-refractivity contribution < 1.29 is 4.39 Å². The van der Waals surface area contributed by atoms with Gasteiger partial charge < -0.3 is 0 Å². The molecule has 0 fully saturated rings. The minimum absolute atomic E-state index is 0. The zero-order valence-corrected chi connectivity index (χ0v) is 11.9. The third kappa shape index (κ3) is 2.69. The van der Waals surface area contributed by atoms with Crippen molar-refractivity contribution in [1.29, 1.82) is 0 Å². The topological polar surface area (TPSA) is 21.1 Å². The maximum atomic E-state index is 14.0. The van der Waals surface area contributed by atoms with Crippen molar-refractivity contribution >= 4 is 29.0 Å². The Kier molecular flexibility index (Phi) is 4.46. The summed E-state index contributed by atoms with van der Waals surface area (Å²) in [6, 6.07) is 11.5. The van der Waals surface area contributed by atoms with Crippen molar-refractivity contribution in [3.63, 3.8) is 0 Å². The van der Waals surface area contributed by atoms with E-state index in [1.54, 1.807) is 17.3 Å². The molecule has 0 aliphatic rings. The quantitative estimate of drug-likeness (QED) is 0.690. The lowest BCUT2D eigenvalue weighted by molar-refractivity contribution is 0.606. The molecule has 0 N–H and O–H groups in total. The van der Waals surface area contributed by atoms with Gasteiger partial charge in [0.15, 0.2) is 5.82 Å². The Hall–Kier alpha value is -2.51. The van der Waals surface area contributed by atoms with Crippen LogP contribution in [0.4, 0.5) is 10.1 Å². The molecule has 2 aromatic heterocycles. The normalized spacial score (nSPS) is 9.90. The molecule has 1 aromatic carbocycles. The molecule has 5 heteroatoms. The van der Waals surface area contributed by atoms with E-state index in [0.29, 0.717) is 5.69 Å². The van der Waals surface area contributed by atoms with E-state index in [9.17, 15) is 4.39 Å². The third-order valence-corrected chi connectivity index (χ3v) is 3.11. The summed E-state index contributed by atoms with van der Waals surface area (Å²) < 4.78 is 15.8. The lowest BCUT2D eigenvalue weighted by Crippen LogP contribution is -2.30. The van der Waals surface area contributed by atoms with Gasteiger partial charge in [-0.2, -0.15) is 0 Å². The largest absolute Gasteiger partial charge is 0.266 e. The van der Waals surface area contributed by atoms with Crippen LogP contribution in [0.1, 0.15) is 0 Å². The Balaban J connectivity index is 0.00000161. The van der Waals surface area contributed by atoms with Gasteiger partial charge in [-0.15, -0.1) is 18.8 Å². The summed E-state index contributed by atoms with van der Waals surface area (Å²) in [5.41, 5.74) is 1.37. The molecule has 3 aromatic rings. The minimum Gasteiger partial charge on any atom is -0.266 e. The van der Waals surface area contributed by atoms with Gasteiger partial charge in [-0.1, -0.05) is 24.1 Å². The van der Waals surface area contributed by atoms with E-state index in [-0.39, 0.29) is 19.0 Å². The summed E-state index contributed by atoms with van der Waals surface area (Å²) >= 11 is 0. The lowest BCUT2D eigenvalue weighted by atomic mass is 10.2. The number of terminal acetylenes is 1. The number of rotatable bonds is 3. The number of anilines is 1. The number of benzene rings is 1. The fourth-order valence-corrected chi connectivity index (χ4v) is 2.22. The summed E-state index contributed by atoms with van der Waals surface area (Å²) in [6.45, 7) is 0.263. The molecule has 0 spiro atoms. The molecular weight excluding hydrogens is 289 g/mol. The van der Waals surface area contributed by atoms with Crippen molar-refractivity contribution in [2.24, 2.45) is 0 Å². The number of pyridine rings is 1. The van der Waals surface area contributed by atoms with E-state index >= 15 is 0 Å². The summed E-state index contributed by atoms with van der Waals surface area (Å²) in [5, 5.41) is 2.78. The SMILES string of the molecule is C#CCN(c1ccncc1F)n1ccc2ccccc21.Cl. The van der Waals surface area contributed by atoms with Crippen LogP contribution in [0.25, 0.3) is 10.9 Å². The Morgan fingerprint density at radius 2 is 2.05 bits per heavy atom. The highest BCUT2D eigenvalue weighted by Crippen LogP contribution is 2.23. The highest BCUT2D eigenvalue weighted by atomic mass is 35.5. The first kappa shape index (κ1) is 14.9. The molecule has 21 heavy (non-hydrogen) atoms. The maximum Gasteiger partial charge on any atom is 0.166 e. The van der Waals surface area contributed by atoms with Gasteiger partial charge in [-0.3, -0.25) is 14.7 Å². The molecule has 0 unspecified atom stereocenters. The summed E-state index contributed by atoms with van der Waals surface area (Å²) in [5.74, 6) is 2.16. The molecule has 106 valence electrons. The first-order chi connectivity index (χ1) is 9.81. The van der Waals surface area contributed by atoms with Crippen LogP contribution in [-0.4, -0.2) is 16.2 Å². The molecule has 3 nitrogen and oxygen atoms in total. The minimum atomic E-state index is -0.402. The van der Waals surface area contributed by atoms with E-state index in [4.69, 9.17) is 6.42 Å². The van der Waals surface area contributed by atoms with Crippen molar-refractivity contribution in [2.45, 2.75) is 0 Å². The number of aromatic nitrogens is 2. The predicted octanol–water partition coefficient (Wildman–Crippen LogP) is 3.50. The van der Waals surface area contributed by atoms with Gasteiger partial charge in [0.05, 0.1) is 17.4 Å². The molecule has 0 aliphatic carbocycles. The number of nitrogens with zero attached hydrogens (tertiary/aromatic N) is 3. The first-order valence-electron chi connectivity index (χ1n) is 6.18. The maximum absolute atomic E-state index is 14.0. The Morgan fingerprint density at radius 3 is 2.81 bits per heavy atom. The molecular formula is C16H13ClFN3. The van der Waals surface area contributed by atoms with Crippen LogP contribution in [0.3, 0.4) is 0 Å². The van der Waals surface area contributed by atoms with E-state index in [1.165, 1.54) is 6.20 Å². The van der Waals surface area contributed by atoms with E-state index < -0.39 is 5.82 Å². The van der Waals surface area contributed by atoms with Crippen LogP contribution in [0.15, 0.2) is 55.0 Å². The highest BCUT2D eigenvalue weighted by Gasteiger charge is 2.14. The number of fused-ring (bicyclic) bond motifs is 1. The molecule has 2 heterocycles. The lowest BCUT2D eigenvalue weighted by Gasteiger charge is -2.25. The molecule has 0 bridgehead atoms. The molecule has 0 amide bonds. The standard InChI is InChI=1S/C16H12FN3.ClH/c1-2-10-19(16-7-9-18-12-14(16)17)20-11-8-13-5-3-4-6-15(13)20;/h1,3-9,11-12H,10H2;1H. The Morgan fingerprint density at radius 1 is 1.24 bits per heavy atom. The molecule has 3 rings (SSSR count). The van der Waals surface area contributed by atoms with Crippen molar-refractivity contribution in [3.05, 3.63) is 60.8 Å². The number of hydrogen-bond donors (Lipinski definition) is 0. The van der Waals surface area contributed by atoms with Crippen LogP contribution >= 0.6 is 12.4 Å². The van der Waals surface area contributed by atoms with Crippen LogP contribution in [-0.2, 0) is 0 Å². The van der Waals surface area contributed by atoms with Crippen molar-refractivity contribution in [2.75, 3.05) is 11.6 Å². The summed E-state index contributed by atoms with van der Waals surface area (Å²) in [7, 11) is 0. The Labute approximate surface area is 128 Å². The second kappa shape index (κ2) is 6.29. The number of hydrogen-bond acceptors (Lipinski definition) is 2. The van der Waals surface area contributed by atoms with E-state index in [0.717, 1.165) is 10.9 Å². The predicted molar refractivity (Wildman–Crippen MR) is 85.0 cm³/mol. The second-order valence-electron chi connectivity index (χ2n) is 4.31. The molecule has 0 radical (unpaired) electrons. The summed E-state index contributed by atoms with van der Waals surface area (Å²) in [6.07, 6.45) is 10.0. The van der Waals surface area contributed by atoms with Crippen LogP contribution in [0, 0.1) is 18.2 Å². The molecule has 0 saturated heterocycles. The fraction of sp³-hybridized carbons (Fsp3) is 0.0625. The number of halogens is 2. The van der Waals surface area contributed by atoms with Crippen LogP contribution < -0.4 is 5.01 Å². The van der Waals surface area contributed by atoms with Crippen LogP contribution in [0.5, 0.6) is 0 Å². The number of para-hydroxylation sites is 1. The average molecular weight is 302 g/mol. The Bertz CT molecular complexity index is 791. The average Bonchev–Trinajstić information content (AvgIpc) is 2.90. The summed E-state index contributed by atoms with van der Waals surface area (Å²) in [4.78, 5) is 3.77. The first-order valence-corrected chi connectivity index (χ1v) is 6.18. The monoisotopic (exact) mass is 301 g/mol. The zero-order valence-electron chi connectivity index (χ0n) is 11.1. The van der Waals surface area contributed by atoms with Crippen molar-refractivity contribution in [1.82, 2.24) is 9.66 Å². The molecule has 0 aliphatic heterocycles. The van der Waals surface area contributed by atoms with E-state index in [1.807, 2.05) is 41.2 Å². The van der Waals surface area contributed by atoms with Gasteiger partial charge in [0, 0.05) is 17.8 Å². The van der Waals surface area contributed by atoms with E-state index in [2.05, 4.69) is 10.9 Å². The van der Waals surface area contributed by atoms with Gasteiger partial charge >= 0.3 is 0 Å². The second-order valence-corrected chi connectivity index (χ2v) is 4.31. The zero-order chi connectivity index (χ0) is 13.9. The smallest absolute Gasteiger partial charge is 0.166 e. The van der Waals surface area contributed by atoms with Crippen molar-refractivity contribution in [3.8, 4) is 12.3 Å². The third-order valence-electron chi connectivity index (χ3n) is 3.11. The van der Waals surface area contributed by atoms with Gasteiger partial charge in [0.2, 0.25) is 0 Å². The van der Waals surface area contributed by atoms with Crippen LogP contribution in [0.2, 0.25) is 0 Å². The molecule has 0 saturated carbocycles. The van der Waals surface area contributed by atoms with Gasteiger partial charge in [-0.25, -0.2) is 4.39 Å². The fourth-order valence-electron chi connectivity index (χ4n) is 2.22. The van der Waals surface area contributed by atoms with Gasteiger partial charge in [0.1, 0.15) is 6.54 Å². The van der Waals surface area contributed by atoms with Gasteiger partial charge in [-0.05, 0) is 18.2 Å². The van der Waals surface area contributed by atoms with Gasteiger partial charge in [0.25, 0.3) is 0 Å². The molecule has 0 atom stereocenters. The highest BCUT2D eigenvalue weighted by molar-refractivity contribution is 5.85.